The van der Waals surface area contributed by atoms with Gasteiger partial charge in [0, 0.05) is 6.20 Å². The highest BCUT2D eigenvalue weighted by atomic mass is 19.4. The predicted octanol–water partition coefficient (Wildman–Crippen LogP) is 3.75. The van der Waals surface area contributed by atoms with Crippen LogP contribution in [0.25, 0.3) is 0 Å². The molecule has 0 aliphatic carbocycles. The van der Waals surface area contributed by atoms with Gasteiger partial charge in [0.15, 0.2) is 0 Å². The molecule has 19 heavy (non-hydrogen) atoms. The maximum Gasteiger partial charge on any atom is 0.418 e. The molecule has 1 aromatic carbocycles. The number of urea groups is 1. The standard InChI is InChI=1S/C13H12F3N2O/c1-8(2)10-7-18(12(19)17-10)11-6-4-3-5-9(11)13(14,15)16/h3-8H,1-2H3. The topological polar surface area (TPSA) is 34.4 Å². The molecule has 0 unspecified atom stereocenters. The van der Waals surface area contributed by atoms with Crippen LogP contribution < -0.4 is 10.2 Å². The molecule has 0 saturated carbocycles. The van der Waals surface area contributed by atoms with Crippen LogP contribution in [-0.4, -0.2) is 6.03 Å². The van der Waals surface area contributed by atoms with E-state index in [0.717, 1.165) is 11.0 Å². The van der Waals surface area contributed by atoms with Crippen LogP contribution >= 0.6 is 0 Å². The number of allylic oxidation sites excluding steroid dienone is 1. The smallest absolute Gasteiger partial charge is 0.266 e. The Bertz CT molecular complexity index is 535. The van der Waals surface area contributed by atoms with E-state index in [1.807, 2.05) is 13.8 Å². The Morgan fingerprint density at radius 1 is 1.21 bits per heavy atom. The Labute approximate surface area is 108 Å². The van der Waals surface area contributed by atoms with Gasteiger partial charge >= 0.3 is 12.2 Å². The SMILES string of the molecule is CC(C)C1=CN(c2ccccc2C(F)(F)F)C(=O)[N]1. The Hall–Kier alpha value is -1.98. The first-order valence-corrected chi connectivity index (χ1v) is 5.73. The van der Waals surface area contributed by atoms with Gasteiger partial charge in [0.1, 0.15) is 0 Å². The maximum absolute atomic E-state index is 12.9. The third kappa shape index (κ3) is 2.57. The van der Waals surface area contributed by atoms with Crippen LogP contribution in [0.5, 0.6) is 0 Å². The van der Waals surface area contributed by atoms with Crippen molar-refractivity contribution in [1.82, 2.24) is 5.32 Å². The molecular weight excluding hydrogens is 257 g/mol. The molecule has 1 aliphatic rings. The fourth-order valence-corrected chi connectivity index (χ4v) is 1.75. The largest absolute Gasteiger partial charge is 0.418 e. The number of hydrogen-bond donors (Lipinski definition) is 0. The zero-order chi connectivity index (χ0) is 14.2. The third-order valence-electron chi connectivity index (χ3n) is 2.75. The number of para-hydroxylation sites is 1. The van der Waals surface area contributed by atoms with E-state index >= 15 is 0 Å². The Morgan fingerprint density at radius 2 is 1.84 bits per heavy atom. The summed E-state index contributed by atoms with van der Waals surface area (Å²) in [4.78, 5) is 12.7. The van der Waals surface area contributed by atoms with E-state index in [4.69, 9.17) is 0 Å². The summed E-state index contributed by atoms with van der Waals surface area (Å²) in [6, 6.07) is 4.26. The number of benzene rings is 1. The van der Waals surface area contributed by atoms with Crippen LogP contribution in [0.1, 0.15) is 19.4 Å². The number of rotatable bonds is 2. The van der Waals surface area contributed by atoms with Crippen LogP contribution in [0, 0.1) is 5.92 Å². The molecule has 1 aromatic rings. The summed E-state index contributed by atoms with van der Waals surface area (Å²) in [5.74, 6) is -0.0213. The molecule has 1 aliphatic heterocycles. The van der Waals surface area contributed by atoms with Crippen molar-refractivity contribution in [2.24, 2.45) is 5.92 Å². The second kappa shape index (κ2) is 4.60. The van der Waals surface area contributed by atoms with Crippen molar-refractivity contribution >= 4 is 11.7 Å². The minimum Gasteiger partial charge on any atom is -0.266 e. The van der Waals surface area contributed by atoms with Crippen LogP contribution in [0.2, 0.25) is 0 Å². The fourth-order valence-electron chi connectivity index (χ4n) is 1.75. The highest BCUT2D eigenvalue weighted by Crippen LogP contribution is 2.37. The molecule has 3 nitrogen and oxygen atoms in total. The third-order valence-corrected chi connectivity index (χ3v) is 2.75. The van der Waals surface area contributed by atoms with Crippen molar-refractivity contribution < 1.29 is 18.0 Å². The average molecular weight is 269 g/mol. The second-order valence-corrected chi connectivity index (χ2v) is 4.49. The van der Waals surface area contributed by atoms with E-state index in [1.165, 1.54) is 24.4 Å². The first-order valence-electron chi connectivity index (χ1n) is 5.73. The van der Waals surface area contributed by atoms with Gasteiger partial charge in [0.05, 0.1) is 16.9 Å². The van der Waals surface area contributed by atoms with E-state index in [0.29, 0.717) is 5.70 Å². The molecule has 0 N–H and O–H groups in total. The van der Waals surface area contributed by atoms with Crippen LogP contribution in [-0.2, 0) is 6.18 Å². The molecule has 0 aromatic heterocycles. The zero-order valence-corrected chi connectivity index (χ0v) is 10.4. The first-order chi connectivity index (χ1) is 8.80. The summed E-state index contributed by atoms with van der Waals surface area (Å²) in [6.07, 6.45) is -3.15. The molecule has 0 atom stereocenters. The number of anilines is 1. The Kier molecular flexibility index (Phi) is 3.26. The van der Waals surface area contributed by atoms with Gasteiger partial charge in [-0.3, -0.25) is 4.90 Å². The summed E-state index contributed by atoms with van der Waals surface area (Å²) in [5.41, 5.74) is -0.568. The molecule has 1 radical (unpaired) electrons. The molecule has 1 heterocycles. The second-order valence-electron chi connectivity index (χ2n) is 4.49. The lowest BCUT2D eigenvalue weighted by molar-refractivity contribution is -0.137. The minimum atomic E-state index is -4.51. The Morgan fingerprint density at radius 3 is 2.37 bits per heavy atom. The lowest BCUT2D eigenvalue weighted by Gasteiger charge is -2.18. The van der Waals surface area contributed by atoms with Crippen molar-refractivity contribution in [3.05, 3.63) is 41.7 Å². The molecule has 0 bridgehead atoms. The Balaban J connectivity index is 2.46. The van der Waals surface area contributed by atoms with Gasteiger partial charge in [0.2, 0.25) is 0 Å². The fraction of sp³-hybridized carbons (Fsp3) is 0.308. The molecule has 0 spiro atoms. The number of hydrogen-bond acceptors (Lipinski definition) is 1. The van der Waals surface area contributed by atoms with Gasteiger partial charge in [-0.15, -0.1) is 0 Å². The highest BCUT2D eigenvalue weighted by molar-refractivity contribution is 5.98. The van der Waals surface area contributed by atoms with E-state index in [1.54, 1.807) is 0 Å². The van der Waals surface area contributed by atoms with Gasteiger partial charge < -0.3 is 0 Å². The predicted molar refractivity (Wildman–Crippen MR) is 64.4 cm³/mol. The summed E-state index contributed by atoms with van der Waals surface area (Å²) in [6.45, 7) is 3.64. The van der Waals surface area contributed by atoms with Crippen LogP contribution in [0.15, 0.2) is 36.2 Å². The van der Waals surface area contributed by atoms with Gasteiger partial charge in [-0.25, -0.2) is 4.79 Å². The number of carbonyl (C=O) groups is 1. The quantitative estimate of drug-likeness (QED) is 0.805. The van der Waals surface area contributed by atoms with Crippen molar-refractivity contribution in [3.63, 3.8) is 0 Å². The monoisotopic (exact) mass is 269 g/mol. The van der Waals surface area contributed by atoms with Crippen molar-refractivity contribution in [2.75, 3.05) is 4.90 Å². The molecule has 6 heteroatoms. The lowest BCUT2D eigenvalue weighted by Crippen LogP contribution is -2.26. The summed E-state index contributed by atoms with van der Waals surface area (Å²) < 4.78 is 38.7. The number of amides is 2. The van der Waals surface area contributed by atoms with Crippen molar-refractivity contribution in [2.45, 2.75) is 20.0 Å². The molecular formula is C13H12F3N2O. The summed E-state index contributed by atoms with van der Waals surface area (Å²) in [7, 11) is 0. The molecule has 0 fully saturated rings. The normalized spacial score (nSPS) is 15.8. The minimum absolute atomic E-state index is 0.0213. The molecule has 2 rings (SSSR count). The molecule has 2 amide bonds. The lowest BCUT2D eigenvalue weighted by atomic mass is 10.1. The number of carbonyl (C=O) groups excluding carboxylic acids is 1. The number of alkyl halides is 3. The number of nitrogens with zero attached hydrogens (tertiary/aromatic N) is 2. The van der Waals surface area contributed by atoms with E-state index < -0.39 is 17.8 Å². The van der Waals surface area contributed by atoms with E-state index in [2.05, 4.69) is 5.32 Å². The number of halogens is 3. The van der Waals surface area contributed by atoms with Gasteiger partial charge in [-0.2, -0.15) is 18.5 Å². The van der Waals surface area contributed by atoms with E-state index in [-0.39, 0.29) is 11.6 Å². The van der Waals surface area contributed by atoms with Crippen LogP contribution in [0.3, 0.4) is 0 Å². The van der Waals surface area contributed by atoms with Gasteiger partial charge in [0.25, 0.3) is 0 Å². The molecule has 101 valence electrons. The maximum atomic E-state index is 12.9. The van der Waals surface area contributed by atoms with Crippen molar-refractivity contribution in [3.8, 4) is 0 Å². The summed E-state index contributed by atoms with van der Waals surface area (Å²) in [5, 5.41) is 3.75. The first kappa shape index (κ1) is 13.5. The highest BCUT2D eigenvalue weighted by Gasteiger charge is 2.37. The average Bonchev–Trinajstić information content (AvgIpc) is 2.70. The molecule has 0 saturated heterocycles. The zero-order valence-electron chi connectivity index (χ0n) is 10.4. The van der Waals surface area contributed by atoms with E-state index in [9.17, 15) is 18.0 Å². The van der Waals surface area contributed by atoms with Crippen molar-refractivity contribution in [1.29, 1.82) is 0 Å². The van der Waals surface area contributed by atoms with Gasteiger partial charge in [-0.1, -0.05) is 26.0 Å². The summed E-state index contributed by atoms with van der Waals surface area (Å²) >= 11 is 0. The van der Waals surface area contributed by atoms with Gasteiger partial charge in [-0.05, 0) is 18.1 Å². The van der Waals surface area contributed by atoms with Crippen LogP contribution in [0.4, 0.5) is 23.7 Å².